The van der Waals surface area contributed by atoms with Crippen LogP contribution in [0.5, 0.6) is 0 Å². The minimum Gasteiger partial charge on any atom is -0.445 e. The third kappa shape index (κ3) is 9.81. The molecule has 1 amide bonds. The molecule has 0 unspecified atom stereocenters. The molecule has 0 radical (unpaired) electrons. The van der Waals surface area contributed by atoms with Gasteiger partial charge in [-0.1, -0.05) is 71.9 Å². The molecule has 43 heavy (non-hydrogen) atoms. The van der Waals surface area contributed by atoms with E-state index in [9.17, 15) is 9.90 Å². The van der Waals surface area contributed by atoms with E-state index >= 15 is 0 Å². The SMILES string of the molecule is COCO[C@H]1[C@H](O[Si](C)(C)C(C)(C)C)[C@@H](CO[Si](C)(C)C(C)(C)C)N(C(=O)OCc2ccccc2)[C@@H]1[C@@H](CO)OCOC. The second-order valence-corrected chi connectivity index (χ2v) is 23.8. The fourth-order valence-corrected chi connectivity index (χ4v) is 6.84. The molecule has 0 bridgehead atoms. The van der Waals surface area contributed by atoms with Crippen LogP contribution in [0.1, 0.15) is 47.1 Å². The third-order valence-corrected chi connectivity index (χ3v) is 18.1. The summed E-state index contributed by atoms with van der Waals surface area (Å²) in [5.41, 5.74) is 0.858. The molecular weight excluding hydrogens is 587 g/mol. The van der Waals surface area contributed by atoms with Crippen LogP contribution in [0, 0.1) is 0 Å². The zero-order chi connectivity index (χ0) is 32.6. The molecule has 12 heteroatoms. The molecule has 1 aliphatic rings. The van der Waals surface area contributed by atoms with E-state index < -0.39 is 53.1 Å². The van der Waals surface area contributed by atoms with Gasteiger partial charge in [0.25, 0.3) is 0 Å². The van der Waals surface area contributed by atoms with Gasteiger partial charge in [0.05, 0.1) is 31.4 Å². The van der Waals surface area contributed by atoms with Gasteiger partial charge in [0.15, 0.2) is 16.6 Å². The van der Waals surface area contributed by atoms with Gasteiger partial charge in [-0.05, 0) is 41.8 Å². The Balaban J connectivity index is 2.67. The summed E-state index contributed by atoms with van der Waals surface area (Å²) in [7, 11) is -1.61. The minimum absolute atomic E-state index is 0.0380. The highest BCUT2D eigenvalue weighted by atomic mass is 28.4. The summed E-state index contributed by atoms with van der Waals surface area (Å²) >= 11 is 0. The van der Waals surface area contributed by atoms with Gasteiger partial charge in [-0.25, -0.2) is 4.79 Å². The number of amides is 1. The van der Waals surface area contributed by atoms with Crippen LogP contribution in [-0.2, 0) is 39.1 Å². The third-order valence-electron chi connectivity index (χ3n) is 9.13. The summed E-state index contributed by atoms with van der Waals surface area (Å²) in [6, 6.07) is 8.15. The topological polar surface area (TPSA) is 105 Å². The summed E-state index contributed by atoms with van der Waals surface area (Å²) in [5.74, 6) is 0. The Morgan fingerprint density at radius 3 is 2.00 bits per heavy atom. The fraction of sp³-hybridized carbons (Fsp3) is 0.774. The molecule has 0 aromatic heterocycles. The highest BCUT2D eigenvalue weighted by Crippen LogP contribution is 2.43. The molecule has 0 spiro atoms. The second-order valence-electron chi connectivity index (χ2n) is 14.3. The van der Waals surface area contributed by atoms with E-state index in [1.807, 2.05) is 30.3 Å². The van der Waals surface area contributed by atoms with Gasteiger partial charge < -0.3 is 37.6 Å². The first-order valence-corrected chi connectivity index (χ1v) is 20.9. The number of benzene rings is 1. The maximum atomic E-state index is 14.1. The molecule has 2 rings (SSSR count). The lowest BCUT2D eigenvalue weighted by molar-refractivity contribution is -0.151. The molecule has 10 nitrogen and oxygen atoms in total. The van der Waals surface area contributed by atoms with Gasteiger partial charge in [-0.3, -0.25) is 4.90 Å². The second kappa shape index (κ2) is 15.8. The summed E-state index contributed by atoms with van der Waals surface area (Å²) in [5, 5.41) is 10.4. The molecule has 1 fully saturated rings. The molecule has 0 aliphatic carbocycles. The molecule has 1 saturated heterocycles. The van der Waals surface area contributed by atoms with Crippen molar-refractivity contribution in [3.05, 3.63) is 35.9 Å². The maximum absolute atomic E-state index is 14.1. The average molecular weight is 644 g/mol. The molecule has 248 valence electrons. The van der Waals surface area contributed by atoms with Gasteiger partial charge in [-0.15, -0.1) is 0 Å². The molecule has 5 atom stereocenters. The van der Waals surface area contributed by atoms with E-state index in [4.69, 9.17) is 32.5 Å². The Bertz CT molecular complexity index is 982. The first-order valence-electron chi connectivity index (χ1n) is 15.0. The minimum atomic E-state index is -2.41. The van der Waals surface area contributed by atoms with E-state index in [2.05, 4.69) is 67.7 Å². The summed E-state index contributed by atoms with van der Waals surface area (Å²) < 4.78 is 42.5. The van der Waals surface area contributed by atoms with Crippen molar-refractivity contribution in [2.75, 3.05) is 41.0 Å². The van der Waals surface area contributed by atoms with E-state index in [0.29, 0.717) is 0 Å². The number of methoxy groups -OCH3 is 2. The zero-order valence-corrected chi connectivity index (χ0v) is 30.5. The van der Waals surface area contributed by atoms with E-state index in [0.717, 1.165) is 5.56 Å². The van der Waals surface area contributed by atoms with Crippen molar-refractivity contribution >= 4 is 22.7 Å². The maximum Gasteiger partial charge on any atom is 0.410 e. The van der Waals surface area contributed by atoms with Crippen molar-refractivity contribution in [2.24, 2.45) is 0 Å². The number of likely N-dealkylation sites (tertiary alicyclic amines) is 1. The standard InChI is InChI=1S/C31H57NO9Si2/c1-30(2,3)42(9,10)40-20-24-27(41-43(11,12)31(4,5)6)28(39-22-36-8)26(25(18-33)38-21-35-7)32(24)29(34)37-19-23-16-14-13-15-17-23/h13-17,24-28,33H,18-22H2,1-12H3/t24-,25-,26-,27-,28-/m1/s1. The lowest BCUT2D eigenvalue weighted by Crippen LogP contribution is -2.54. The zero-order valence-electron chi connectivity index (χ0n) is 28.5. The first-order chi connectivity index (χ1) is 19.9. The predicted octanol–water partition coefficient (Wildman–Crippen LogP) is 5.76. The van der Waals surface area contributed by atoms with Crippen molar-refractivity contribution in [3.63, 3.8) is 0 Å². The van der Waals surface area contributed by atoms with Crippen LogP contribution in [0.3, 0.4) is 0 Å². The molecule has 1 aliphatic heterocycles. The monoisotopic (exact) mass is 643 g/mol. The van der Waals surface area contributed by atoms with Crippen LogP contribution >= 0.6 is 0 Å². The number of hydrogen-bond donors (Lipinski definition) is 1. The van der Waals surface area contributed by atoms with Crippen molar-refractivity contribution < 1.29 is 42.4 Å². The van der Waals surface area contributed by atoms with E-state index in [1.165, 1.54) is 7.11 Å². The number of aliphatic hydroxyl groups excluding tert-OH is 1. The van der Waals surface area contributed by atoms with Crippen LogP contribution in [-0.4, -0.2) is 104 Å². The number of carbonyl (C=O) groups excluding carboxylic acids is 1. The quantitative estimate of drug-likeness (QED) is 0.189. The number of hydrogen-bond acceptors (Lipinski definition) is 9. The number of aliphatic hydroxyl groups is 1. The highest BCUT2D eigenvalue weighted by molar-refractivity contribution is 6.74. The summed E-state index contributed by atoms with van der Waals surface area (Å²) in [4.78, 5) is 15.8. The molecule has 0 saturated carbocycles. The van der Waals surface area contributed by atoms with Crippen molar-refractivity contribution in [1.29, 1.82) is 0 Å². The van der Waals surface area contributed by atoms with Gasteiger partial charge in [-0.2, -0.15) is 0 Å². The van der Waals surface area contributed by atoms with Crippen molar-refractivity contribution in [1.82, 2.24) is 4.90 Å². The molecule has 1 aromatic rings. The van der Waals surface area contributed by atoms with Gasteiger partial charge in [0.1, 0.15) is 32.4 Å². The summed E-state index contributed by atoms with van der Waals surface area (Å²) in [6.07, 6.45) is -2.73. The number of ether oxygens (including phenoxy) is 5. The predicted molar refractivity (Wildman–Crippen MR) is 172 cm³/mol. The largest absolute Gasteiger partial charge is 0.445 e. The summed E-state index contributed by atoms with van der Waals surface area (Å²) in [6.45, 7) is 21.5. The van der Waals surface area contributed by atoms with E-state index in [-0.39, 0.29) is 43.5 Å². The molecular formula is C31H57NO9Si2. The average Bonchev–Trinajstić information content (AvgIpc) is 3.21. The Morgan fingerprint density at radius 2 is 1.49 bits per heavy atom. The Labute approximate surface area is 261 Å². The molecule has 1 aromatic carbocycles. The van der Waals surface area contributed by atoms with E-state index in [1.54, 1.807) is 12.0 Å². The Hall–Kier alpha value is -1.36. The fourth-order valence-electron chi connectivity index (χ4n) is 4.50. The highest BCUT2D eigenvalue weighted by Gasteiger charge is 2.58. The Kier molecular flexibility index (Phi) is 13.9. The van der Waals surface area contributed by atoms with Crippen molar-refractivity contribution in [3.8, 4) is 0 Å². The van der Waals surface area contributed by atoms with Gasteiger partial charge >= 0.3 is 6.09 Å². The number of carbonyl (C=O) groups is 1. The molecule has 1 heterocycles. The Morgan fingerprint density at radius 1 is 0.907 bits per heavy atom. The van der Waals surface area contributed by atoms with Crippen LogP contribution < -0.4 is 0 Å². The number of nitrogens with zero attached hydrogens (tertiary/aromatic N) is 1. The normalized spacial score (nSPS) is 22.6. The van der Waals surface area contributed by atoms with Crippen LogP contribution in [0.25, 0.3) is 0 Å². The molecule has 1 N–H and O–H groups in total. The van der Waals surface area contributed by atoms with Crippen LogP contribution in [0.4, 0.5) is 4.79 Å². The first kappa shape index (κ1) is 37.8. The number of rotatable bonds is 15. The van der Waals surface area contributed by atoms with Gasteiger partial charge in [0, 0.05) is 14.2 Å². The van der Waals surface area contributed by atoms with Crippen LogP contribution in [0.2, 0.25) is 36.3 Å². The lowest BCUT2D eigenvalue weighted by atomic mass is 10.0. The van der Waals surface area contributed by atoms with Gasteiger partial charge in [0.2, 0.25) is 0 Å². The lowest BCUT2D eigenvalue weighted by Gasteiger charge is -2.42. The van der Waals surface area contributed by atoms with Crippen molar-refractivity contribution in [2.45, 2.75) is 115 Å². The van der Waals surface area contributed by atoms with Crippen LogP contribution in [0.15, 0.2) is 30.3 Å². The smallest absolute Gasteiger partial charge is 0.410 e.